The number of ether oxygens (including phenoxy) is 1. The molecule has 0 saturated heterocycles. The summed E-state index contributed by atoms with van der Waals surface area (Å²) in [5.74, 6) is 0.391. The molecule has 5 nitrogen and oxygen atoms in total. The zero-order chi connectivity index (χ0) is 23.8. The van der Waals surface area contributed by atoms with Crippen molar-refractivity contribution in [2.45, 2.75) is 20.3 Å². The van der Waals surface area contributed by atoms with Gasteiger partial charge in [-0.3, -0.25) is 4.79 Å². The lowest BCUT2D eigenvalue weighted by Crippen LogP contribution is -2.13. The fourth-order valence-corrected chi connectivity index (χ4v) is 4.56. The summed E-state index contributed by atoms with van der Waals surface area (Å²) < 4.78 is 13.5. The summed E-state index contributed by atoms with van der Waals surface area (Å²) in [5, 5.41) is 1.77. The second kappa shape index (κ2) is 8.67. The average Bonchev–Trinajstić information content (AvgIpc) is 3.11. The molecular weight excluding hydrogens is 426 g/mol. The zero-order valence-electron chi connectivity index (χ0n) is 19.4. The van der Waals surface area contributed by atoms with Gasteiger partial charge in [0, 0.05) is 52.6 Å². The second-order valence-corrected chi connectivity index (χ2v) is 8.56. The Labute approximate surface area is 197 Å². The first-order valence-electron chi connectivity index (χ1n) is 11.2. The van der Waals surface area contributed by atoms with Crippen LogP contribution in [0.25, 0.3) is 21.9 Å². The molecule has 0 radical (unpaired) electrons. The number of aryl methyl sites for hydroxylation is 2. The van der Waals surface area contributed by atoms with E-state index in [1.165, 1.54) is 0 Å². The monoisotopic (exact) mass is 451 g/mol. The molecule has 0 unspecified atom stereocenters. The molecule has 5 rings (SSSR count). The van der Waals surface area contributed by atoms with Gasteiger partial charge in [-0.25, -0.2) is 4.79 Å². The molecule has 0 spiro atoms. The van der Waals surface area contributed by atoms with Crippen molar-refractivity contribution >= 4 is 27.7 Å². The number of Topliss-reactive ketones (excluding diaryl/α,β-unsaturated/α-hetero) is 1. The number of carbonyl (C=O) groups is 1. The Morgan fingerprint density at radius 1 is 0.941 bits per heavy atom. The van der Waals surface area contributed by atoms with Gasteiger partial charge in [0.25, 0.3) is 0 Å². The number of rotatable bonds is 6. The Kier molecular flexibility index (Phi) is 5.54. The van der Waals surface area contributed by atoms with Gasteiger partial charge in [0.1, 0.15) is 11.3 Å². The molecule has 0 N–H and O–H groups in total. The fourth-order valence-electron chi connectivity index (χ4n) is 4.56. The Morgan fingerprint density at radius 2 is 1.68 bits per heavy atom. The summed E-state index contributed by atoms with van der Waals surface area (Å²) in [6.45, 7) is 3.77. The van der Waals surface area contributed by atoms with E-state index in [2.05, 4.69) is 0 Å². The number of fused-ring (bicyclic) bond motifs is 2. The van der Waals surface area contributed by atoms with Crippen LogP contribution in [0, 0.1) is 13.8 Å². The van der Waals surface area contributed by atoms with E-state index >= 15 is 0 Å². The van der Waals surface area contributed by atoms with Gasteiger partial charge in [-0.05, 0) is 43.2 Å². The van der Waals surface area contributed by atoms with E-state index in [1.54, 1.807) is 6.07 Å². The van der Waals surface area contributed by atoms with Gasteiger partial charge in [-0.2, -0.15) is 0 Å². The van der Waals surface area contributed by atoms with E-state index in [0.29, 0.717) is 28.9 Å². The van der Waals surface area contributed by atoms with Gasteiger partial charge >= 0.3 is 5.63 Å². The maximum Gasteiger partial charge on any atom is 0.340 e. The minimum atomic E-state index is -0.353. The van der Waals surface area contributed by atoms with Crippen LogP contribution in [0.5, 0.6) is 5.75 Å². The number of nitrogens with zero attached hydrogens (tertiary/aromatic N) is 1. The third kappa shape index (κ3) is 3.79. The first-order valence-corrected chi connectivity index (χ1v) is 11.2. The summed E-state index contributed by atoms with van der Waals surface area (Å²) in [7, 11) is 1.95. The summed E-state index contributed by atoms with van der Waals surface area (Å²) in [6, 6.07) is 23.1. The van der Waals surface area contributed by atoms with Crippen LogP contribution in [0.2, 0.25) is 0 Å². The summed E-state index contributed by atoms with van der Waals surface area (Å²) in [4.78, 5) is 25.8. The third-order valence-corrected chi connectivity index (χ3v) is 6.53. The normalized spacial score (nSPS) is 11.3. The third-order valence-electron chi connectivity index (χ3n) is 6.53. The molecule has 0 atom stereocenters. The number of para-hydroxylation sites is 1. The largest absolute Gasteiger partial charge is 0.485 e. The predicted molar refractivity (Wildman–Crippen MR) is 134 cm³/mol. The van der Waals surface area contributed by atoms with Gasteiger partial charge in [-0.15, -0.1) is 0 Å². The highest BCUT2D eigenvalue weighted by Gasteiger charge is 2.19. The van der Waals surface area contributed by atoms with Crippen molar-refractivity contribution in [3.63, 3.8) is 0 Å². The lowest BCUT2D eigenvalue weighted by atomic mass is 10.00. The number of hydrogen-bond donors (Lipinski definition) is 0. The summed E-state index contributed by atoms with van der Waals surface area (Å²) in [5.41, 5.74) is 5.28. The molecule has 2 aromatic heterocycles. The van der Waals surface area contributed by atoms with Crippen molar-refractivity contribution in [3.05, 3.63) is 111 Å². The highest BCUT2D eigenvalue weighted by molar-refractivity contribution is 6.10. The van der Waals surface area contributed by atoms with E-state index in [4.69, 9.17) is 9.15 Å². The SMILES string of the molecule is Cc1c(Cc2ccccc2)c(=O)oc2cc(OCC(=O)c3c(C)n(C)c4ccccc34)ccc12. The topological polar surface area (TPSA) is 61.4 Å². The quantitative estimate of drug-likeness (QED) is 0.243. The van der Waals surface area contributed by atoms with Crippen molar-refractivity contribution in [1.29, 1.82) is 0 Å². The number of ketones is 1. The van der Waals surface area contributed by atoms with Gasteiger partial charge in [0.15, 0.2) is 6.61 Å². The van der Waals surface area contributed by atoms with Crippen molar-refractivity contribution in [2.75, 3.05) is 6.61 Å². The Balaban J connectivity index is 1.40. The molecule has 170 valence electrons. The number of hydrogen-bond acceptors (Lipinski definition) is 4. The van der Waals surface area contributed by atoms with Crippen LogP contribution in [0.3, 0.4) is 0 Å². The molecular formula is C29H25NO4. The molecule has 0 aliphatic heterocycles. The summed E-state index contributed by atoms with van der Waals surface area (Å²) >= 11 is 0. The molecule has 0 aliphatic rings. The highest BCUT2D eigenvalue weighted by atomic mass is 16.5. The lowest BCUT2D eigenvalue weighted by Gasteiger charge is -2.10. The van der Waals surface area contributed by atoms with E-state index in [9.17, 15) is 9.59 Å². The molecule has 0 bridgehead atoms. The van der Waals surface area contributed by atoms with E-state index in [1.807, 2.05) is 92.2 Å². The van der Waals surface area contributed by atoms with Crippen LogP contribution >= 0.6 is 0 Å². The first kappa shape index (κ1) is 21.7. The Bertz CT molecular complexity index is 1590. The van der Waals surface area contributed by atoms with Crippen LogP contribution in [0.15, 0.2) is 82.0 Å². The predicted octanol–water partition coefficient (Wildman–Crippen LogP) is 5.75. The summed E-state index contributed by atoms with van der Waals surface area (Å²) in [6.07, 6.45) is 0.516. The Morgan fingerprint density at radius 3 is 2.47 bits per heavy atom. The molecule has 0 amide bonds. The molecule has 2 heterocycles. The Hall–Kier alpha value is -4.12. The minimum Gasteiger partial charge on any atom is -0.485 e. The highest BCUT2D eigenvalue weighted by Crippen LogP contribution is 2.27. The number of carbonyl (C=O) groups excluding carboxylic acids is 1. The smallest absolute Gasteiger partial charge is 0.340 e. The molecule has 0 saturated carbocycles. The van der Waals surface area contributed by atoms with Gasteiger partial charge in [0.2, 0.25) is 5.78 Å². The van der Waals surface area contributed by atoms with Crippen molar-refractivity contribution in [3.8, 4) is 5.75 Å². The van der Waals surface area contributed by atoms with Crippen LogP contribution in [-0.2, 0) is 13.5 Å². The molecule has 5 aromatic rings. The van der Waals surface area contributed by atoms with Crippen LogP contribution in [0.1, 0.15) is 32.7 Å². The number of aromatic nitrogens is 1. The molecule has 0 fully saturated rings. The van der Waals surface area contributed by atoms with Gasteiger partial charge < -0.3 is 13.7 Å². The molecule has 34 heavy (non-hydrogen) atoms. The van der Waals surface area contributed by atoms with Crippen LogP contribution in [-0.4, -0.2) is 17.0 Å². The van der Waals surface area contributed by atoms with Gasteiger partial charge in [-0.1, -0.05) is 48.5 Å². The maximum absolute atomic E-state index is 13.0. The number of benzene rings is 3. The van der Waals surface area contributed by atoms with Gasteiger partial charge in [0.05, 0.1) is 0 Å². The molecule has 0 aliphatic carbocycles. The van der Waals surface area contributed by atoms with Crippen molar-refractivity contribution < 1.29 is 13.9 Å². The standard InChI is InChI=1S/C29H25NO4/c1-18-22-14-13-21(16-27(22)34-29(32)24(18)15-20-9-5-4-6-10-20)33-17-26(31)28-19(2)30(3)25-12-8-7-11-23(25)28/h4-14,16H,15,17H2,1-3H3. The fraction of sp³-hybridized carbons (Fsp3) is 0.172. The van der Waals surface area contributed by atoms with Crippen LogP contribution in [0.4, 0.5) is 0 Å². The zero-order valence-corrected chi connectivity index (χ0v) is 19.4. The van der Waals surface area contributed by atoms with Crippen molar-refractivity contribution in [2.24, 2.45) is 7.05 Å². The first-order chi connectivity index (χ1) is 16.4. The molecule has 5 heteroatoms. The van der Waals surface area contributed by atoms with Crippen LogP contribution < -0.4 is 10.4 Å². The molecule has 3 aromatic carbocycles. The minimum absolute atomic E-state index is 0.0924. The average molecular weight is 452 g/mol. The maximum atomic E-state index is 13.0. The van der Waals surface area contributed by atoms with Crippen molar-refractivity contribution in [1.82, 2.24) is 4.57 Å². The lowest BCUT2D eigenvalue weighted by molar-refractivity contribution is 0.0922. The van der Waals surface area contributed by atoms with E-state index in [0.717, 1.165) is 33.1 Å². The van der Waals surface area contributed by atoms with E-state index < -0.39 is 0 Å². The second-order valence-electron chi connectivity index (χ2n) is 8.56. The van der Waals surface area contributed by atoms with E-state index in [-0.39, 0.29) is 18.0 Å².